The van der Waals surface area contributed by atoms with Gasteiger partial charge in [0, 0.05) is 19.3 Å². The molecular weight excluding hydrogens is 1410 g/mol. The number of esters is 3. The Hall–Kier alpha value is -5.87. The minimum absolute atomic E-state index is 0.0351. The monoisotopic (exact) mass is 1560 g/mol. The molecule has 0 aromatic heterocycles. The second-order valence-electron chi connectivity index (χ2n) is 26.8. The molecule has 16 nitrogen and oxygen atoms in total. The second-order valence-corrected chi connectivity index (χ2v) is 29.7. The van der Waals surface area contributed by atoms with Crippen LogP contribution in [0.15, 0.2) is 207 Å². The van der Waals surface area contributed by atoms with Crippen molar-refractivity contribution in [3.63, 3.8) is 0 Å². The van der Waals surface area contributed by atoms with Crippen LogP contribution in [0.1, 0.15) is 290 Å². The molecule has 0 rings (SSSR count). The number of carbonyl (C=O) groups is 3. The van der Waals surface area contributed by atoms with Crippen molar-refractivity contribution < 1.29 is 75.8 Å². The molecule has 5 unspecified atom stereocenters. The van der Waals surface area contributed by atoms with Crippen molar-refractivity contribution in [2.45, 2.75) is 309 Å². The first-order chi connectivity index (χ1) is 53.2. The van der Waals surface area contributed by atoms with E-state index in [2.05, 4.69) is 209 Å². The average molecular weight is 1560 g/mol. The Morgan fingerprint density at radius 1 is 0.257 bits per heavy atom. The summed E-state index contributed by atoms with van der Waals surface area (Å²) in [5.74, 6) is -1.72. The molecule has 0 aromatic carbocycles. The van der Waals surface area contributed by atoms with E-state index in [-0.39, 0.29) is 19.3 Å². The Bertz CT molecular complexity index is 2810. The molecule has 0 saturated carbocycles. The molecule has 5 atom stereocenters. The highest BCUT2D eigenvalue weighted by Gasteiger charge is 2.29. The maximum atomic E-state index is 13.0. The molecule has 0 radical (unpaired) electrons. The van der Waals surface area contributed by atoms with E-state index < -0.39 is 91.5 Å². The molecule has 18 heteroatoms. The van der Waals surface area contributed by atoms with E-state index in [1.165, 1.54) is 77.0 Å². The number of phosphoric ester groups is 2. The zero-order valence-electron chi connectivity index (χ0n) is 67.4. The third-order valence-electron chi connectivity index (χ3n) is 16.5. The Kier molecular flexibility index (Phi) is 77.2. The molecule has 0 saturated heterocycles. The zero-order valence-corrected chi connectivity index (χ0v) is 69.2. The molecule has 4 N–H and O–H groups in total. The molecule has 0 amide bonds. The maximum Gasteiger partial charge on any atom is 0.472 e. The smallest absolute Gasteiger partial charge is 0.463 e. The summed E-state index contributed by atoms with van der Waals surface area (Å²) in [7, 11) is -9.85. The number of aliphatic hydroxyl groups is 2. The number of hydrogen-bond donors (Lipinski definition) is 4. The first-order valence-electron chi connectivity index (χ1n) is 41.4. The quantitative estimate of drug-likeness (QED) is 0.0146. The van der Waals surface area contributed by atoms with Crippen molar-refractivity contribution in [2.24, 2.45) is 0 Å². The minimum atomic E-state index is -4.97. The highest BCUT2D eigenvalue weighted by Crippen LogP contribution is 2.45. The summed E-state index contributed by atoms with van der Waals surface area (Å²) in [6.45, 7) is 2.20. The fraction of sp³-hybridized carbons (Fsp3) is 0.593. The first-order valence-corrected chi connectivity index (χ1v) is 44.4. The van der Waals surface area contributed by atoms with Crippen molar-refractivity contribution in [2.75, 3.05) is 39.6 Å². The van der Waals surface area contributed by atoms with Crippen LogP contribution in [0.4, 0.5) is 0 Å². The van der Waals surface area contributed by atoms with Crippen LogP contribution in [0, 0.1) is 0 Å². The summed E-state index contributed by atoms with van der Waals surface area (Å²) in [6.07, 6.45) is 109. The number of unbranched alkanes of at least 4 members (excludes halogenated alkanes) is 19. The summed E-state index contributed by atoms with van der Waals surface area (Å²) in [4.78, 5) is 58.7. The van der Waals surface area contributed by atoms with E-state index >= 15 is 0 Å². The Labute approximate surface area is 660 Å². The van der Waals surface area contributed by atoms with Gasteiger partial charge in [0.1, 0.15) is 25.4 Å². The van der Waals surface area contributed by atoms with Crippen molar-refractivity contribution in [3.05, 3.63) is 207 Å². The molecular formula is C91H146O16P2. The normalized spacial score (nSPS) is 15.0. The molecule has 0 heterocycles. The zero-order chi connectivity index (χ0) is 79.4. The molecule has 0 aliphatic carbocycles. The third kappa shape index (κ3) is 82.9. The number of carbonyl (C=O) groups excluding carboxylic acids is 3. The van der Waals surface area contributed by atoms with Gasteiger partial charge in [0.25, 0.3) is 0 Å². The third-order valence-corrected chi connectivity index (χ3v) is 18.4. The van der Waals surface area contributed by atoms with Crippen molar-refractivity contribution in [1.82, 2.24) is 0 Å². The van der Waals surface area contributed by atoms with Gasteiger partial charge in [0.2, 0.25) is 0 Å². The predicted octanol–water partition coefficient (Wildman–Crippen LogP) is 24.9. The Balaban J connectivity index is 4.65. The molecule has 0 aliphatic heterocycles. The van der Waals surface area contributed by atoms with Gasteiger partial charge in [-0.1, -0.05) is 324 Å². The maximum absolute atomic E-state index is 13.0. The van der Waals surface area contributed by atoms with E-state index in [4.69, 9.17) is 32.3 Å². The van der Waals surface area contributed by atoms with E-state index in [1.807, 2.05) is 18.2 Å². The van der Waals surface area contributed by atoms with E-state index in [1.54, 1.807) is 0 Å². The van der Waals surface area contributed by atoms with Gasteiger partial charge in [-0.05, 0) is 154 Å². The van der Waals surface area contributed by atoms with Crippen molar-refractivity contribution in [3.8, 4) is 0 Å². The predicted molar refractivity (Wildman–Crippen MR) is 454 cm³/mol. The summed E-state index contributed by atoms with van der Waals surface area (Å²) < 4.78 is 61.1. The van der Waals surface area contributed by atoms with Crippen LogP contribution in [-0.4, -0.2) is 95.9 Å². The van der Waals surface area contributed by atoms with Crippen LogP contribution >= 0.6 is 15.6 Å². The number of rotatable bonds is 76. The molecule has 0 aromatic rings. The van der Waals surface area contributed by atoms with E-state index in [9.17, 15) is 43.5 Å². The molecule has 0 fully saturated rings. The van der Waals surface area contributed by atoms with Crippen LogP contribution in [0.2, 0.25) is 0 Å². The lowest BCUT2D eigenvalue weighted by Gasteiger charge is -2.21. The number of allylic oxidation sites excluding steroid dienone is 34. The van der Waals surface area contributed by atoms with Crippen LogP contribution in [-0.2, 0) is 55.8 Å². The van der Waals surface area contributed by atoms with Gasteiger partial charge in [-0.3, -0.25) is 32.5 Å². The molecule has 109 heavy (non-hydrogen) atoms. The highest BCUT2D eigenvalue weighted by molar-refractivity contribution is 7.47. The van der Waals surface area contributed by atoms with Gasteiger partial charge in [0.05, 0.1) is 26.4 Å². The van der Waals surface area contributed by atoms with Gasteiger partial charge < -0.3 is 34.2 Å². The van der Waals surface area contributed by atoms with Gasteiger partial charge >= 0.3 is 33.6 Å². The van der Waals surface area contributed by atoms with Crippen LogP contribution < -0.4 is 0 Å². The van der Waals surface area contributed by atoms with Crippen LogP contribution in [0.5, 0.6) is 0 Å². The molecule has 0 spiro atoms. The number of phosphoric acid groups is 2. The van der Waals surface area contributed by atoms with Crippen molar-refractivity contribution in [1.29, 1.82) is 0 Å². The number of hydrogen-bond acceptors (Lipinski definition) is 14. The van der Waals surface area contributed by atoms with Crippen molar-refractivity contribution >= 4 is 33.6 Å². The Morgan fingerprint density at radius 2 is 0.477 bits per heavy atom. The average Bonchev–Trinajstić information content (AvgIpc) is 0.900. The number of aliphatic hydroxyl groups excluding tert-OH is 2. The first kappa shape index (κ1) is 103. The highest BCUT2D eigenvalue weighted by atomic mass is 31.2. The lowest BCUT2D eigenvalue weighted by atomic mass is 10.0. The molecule has 616 valence electrons. The number of ether oxygens (including phenoxy) is 3. The summed E-state index contributed by atoms with van der Waals surface area (Å²) >= 11 is 0. The van der Waals surface area contributed by atoms with E-state index in [0.29, 0.717) is 25.7 Å². The lowest BCUT2D eigenvalue weighted by Crippen LogP contribution is -2.29. The van der Waals surface area contributed by atoms with Gasteiger partial charge in [-0.25, -0.2) is 9.13 Å². The minimum Gasteiger partial charge on any atom is -0.463 e. The molecule has 0 bridgehead atoms. The lowest BCUT2D eigenvalue weighted by molar-refractivity contribution is -0.161. The van der Waals surface area contributed by atoms with Gasteiger partial charge in [-0.2, -0.15) is 0 Å². The van der Waals surface area contributed by atoms with Gasteiger partial charge in [0.15, 0.2) is 6.10 Å². The topological polar surface area (TPSA) is 231 Å². The SMILES string of the molecule is CC/C=C\C/C=C\C/C=C\C/C=C\C/C=C\C/C=C\CCCCCCC(=O)OCC(COP(=O)(O)OCC(O)COP(=O)(O)OCC(O)COC(=O)CCCCCCCCCCCCCCCCC/C=C\C/C=C\C/C=C\C/C=C\C/C=C\CC)OC(=O)CC/C=C\C/C=C\C/C=C\C/C=C\C/C=C\C/C=C\CC. The summed E-state index contributed by atoms with van der Waals surface area (Å²) in [5, 5.41) is 20.7. The van der Waals surface area contributed by atoms with Crippen LogP contribution in [0.25, 0.3) is 0 Å². The second kappa shape index (κ2) is 81.6. The van der Waals surface area contributed by atoms with E-state index in [0.717, 1.165) is 148 Å². The summed E-state index contributed by atoms with van der Waals surface area (Å²) in [5.41, 5.74) is 0. The fourth-order valence-electron chi connectivity index (χ4n) is 10.3. The largest absolute Gasteiger partial charge is 0.472 e. The standard InChI is InChI=1S/C91H146O16P2/c1-4-7-10-13-16-19-22-25-28-31-34-36-38-39-40-41-42-43-44-45-47-49-51-53-56-59-62-65-68-71-74-77-89(94)101-80-86(92)81-103-108(97,98)104-82-87(93)83-105-109(99,100)106-85-88(107-91(96)79-76-73-70-67-64-61-58-55-50-33-30-27-24-21-18-15-12-9-6-3)84-102-90(95)78-75-72-69-66-63-60-57-54-52-48-46-37-35-32-29-26-23-20-17-14-11-8-5-2/h7-12,16-21,25-30,34-37,39-40,48,50,52,55,57,60-61,64,70,73,86-88,92-93H,4-6,13-15,22-24,31-33,38,41-47,49,51,53-54,56,58-59,62-63,65-69,71-72,74-85H2,1-3H3,(H,97,98)(H,99,100)/b10-7-,11-8-,12-9-,19-16-,20-17-,21-18-,28-25-,29-26-,30-27-,36-34-,37-35-,40-39-,52-48-,55-50-,60-57-,64-61-,73-70-. The molecule has 0 aliphatic rings. The summed E-state index contributed by atoms with van der Waals surface area (Å²) in [6, 6.07) is 0. The van der Waals surface area contributed by atoms with Crippen LogP contribution in [0.3, 0.4) is 0 Å². The van der Waals surface area contributed by atoms with Gasteiger partial charge in [-0.15, -0.1) is 0 Å². The fourth-order valence-corrected chi connectivity index (χ4v) is 11.9. The Morgan fingerprint density at radius 3 is 0.761 bits per heavy atom.